The second-order valence-electron chi connectivity index (χ2n) is 4.42. The molecule has 1 fully saturated rings. The van der Waals surface area contributed by atoms with Crippen LogP contribution in [0.5, 0.6) is 0 Å². The van der Waals surface area contributed by atoms with Crippen LogP contribution >= 0.6 is 15.9 Å². The molecular formula is C12H14BrNO3S. The Morgan fingerprint density at radius 1 is 1.17 bits per heavy atom. The Hall–Kier alpha value is -0.880. The summed E-state index contributed by atoms with van der Waals surface area (Å²) in [5, 5.41) is 2.81. The highest BCUT2D eigenvalue weighted by Crippen LogP contribution is 2.21. The zero-order valence-corrected chi connectivity index (χ0v) is 12.1. The molecule has 2 rings (SSSR count). The van der Waals surface area contributed by atoms with Gasteiger partial charge in [0.25, 0.3) is 0 Å². The molecule has 0 atom stereocenters. The van der Waals surface area contributed by atoms with Crippen molar-refractivity contribution in [1.82, 2.24) is 0 Å². The van der Waals surface area contributed by atoms with Crippen LogP contribution in [0.2, 0.25) is 0 Å². The fourth-order valence-electron chi connectivity index (χ4n) is 1.93. The first-order valence-electron chi connectivity index (χ1n) is 5.73. The number of hydrogen-bond donors (Lipinski definition) is 1. The minimum Gasteiger partial charge on any atom is -0.326 e. The molecule has 0 aromatic heterocycles. The van der Waals surface area contributed by atoms with Gasteiger partial charge in [-0.25, -0.2) is 8.42 Å². The molecule has 1 aromatic carbocycles. The lowest BCUT2D eigenvalue weighted by Crippen LogP contribution is -2.31. The Morgan fingerprint density at radius 3 is 2.28 bits per heavy atom. The van der Waals surface area contributed by atoms with E-state index >= 15 is 0 Å². The third kappa shape index (κ3) is 3.55. The van der Waals surface area contributed by atoms with E-state index in [0.717, 1.165) is 10.2 Å². The van der Waals surface area contributed by atoms with Crippen LogP contribution in [-0.4, -0.2) is 25.8 Å². The van der Waals surface area contributed by atoms with Crippen molar-refractivity contribution >= 4 is 37.4 Å². The molecule has 1 amide bonds. The number of hydrogen-bond acceptors (Lipinski definition) is 3. The number of rotatable bonds is 2. The second kappa shape index (κ2) is 5.40. The van der Waals surface area contributed by atoms with Crippen LogP contribution in [0, 0.1) is 5.92 Å². The lowest BCUT2D eigenvalue weighted by molar-refractivity contribution is -0.120. The van der Waals surface area contributed by atoms with E-state index < -0.39 is 9.84 Å². The standard InChI is InChI=1S/C12H14BrNO3S/c13-10-1-3-11(4-2-10)14-12(15)9-5-7-18(16,17)8-6-9/h1-4,9H,5-8H2,(H,14,15). The molecule has 0 unspecified atom stereocenters. The molecule has 0 spiro atoms. The number of nitrogens with one attached hydrogen (secondary N) is 1. The summed E-state index contributed by atoms with van der Waals surface area (Å²) in [6.07, 6.45) is 0.843. The van der Waals surface area contributed by atoms with Gasteiger partial charge in [0.1, 0.15) is 9.84 Å². The predicted octanol–water partition coefficient (Wildman–Crippen LogP) is 2.21. The molecule has 98 valence electrons. The average molecular weight is 332 g/mol. The molecule has 1 heterocycles. The van der Waals surface area contributed by atoms with Gasteiger partial charge in [0.15, 0.2) is 0 Å². The number of sulfone groups is 1. The fourth-order valence-corrected chi connectivity index (χ4v) is 3.69. The number of carbonyl (C=O) groups excluding carboxylic acids is 1. The summed E-state index contributed by atoms with van der Waals surface area (Å²) in [7, 11) is -2.91. The summed E-state index contributed by atoms with van der Waals surface area (Å²) in [6.45, 7) is 0. The SMILES string of the molecule is O=C(Nc1ccc(Br)cc1)C1CCS(=O)(=O)CC1. The Labute approximate surface area is 115 Å². The van der Waals surface area contributed by atoms with E-state index in [0.29, 0.717) is 12.8 Å². The average Bonchev–Trinajstić information content (AvgIpc) is 2.32. The molecule has 0 bridgehead atoms. The van der Waals surface area contributed by atoms with E-state index in [1.807, 2.05) is 24.3 Å². The van der Waals surface area contributed by atoms with E-state index in [9.17, 15) is 13.2 Å². The highest BCUT2D eigenvalue weighted by molar-refractivity contribution is 9.10. The van der Waals surface area contributed by atoms with Gasteiger partial charge in [-0.05, 0) is 37.1 Å². The minimum absolute atomic E-state index is 0.0905. The number of carbonyl (C=O) groups is 1. The smallest absolute Gasteiger partial charge is 0.227 e. The summed E-state index contributed by atoms with van der Waals surface area (Å²) in [5.41, 5.74) is 0.733. The molecule has 6 heteroatoms. The molecular weight excluding hydrogens is 318 g/mol. The molecule has 1 aromatic rings. The van der Waals surface area contributed by atoms with Crippen LogP contribution < -0.4 is 5.32 Å². The molecule has 0 saturated carbocycles. The molecule has 4 nitrogen and oxygen atoms in total. The van der Waals surface area contributed by atoms with Crippen molar-refractivity contribution < 1.29 is 13.2 Å². The topological polar surface area (TPSA) is 63.2 Å². The summed E-state index contributed by atoms with van der Waals surface area (Å²) in [6, 6.07) is 7.31. The first-order chi connectivity index (χ1) is 8.46. The van der Waals surface area contributed by atoms with Gasteiger partial charge >= 0.3 is 0 Å². The minimum atomic E-state index is -2.91. The lowest BCUT2D eigenvalue weighted by atomic mass is 10.0. The van der Waals surface area contributed by atoms with Gasteiger partial charge in [-0.1, -0.05) is 15.9 Å². The van der Waals surface area contributed by atoms with Crippen LogP contribution in [0.15, 0.2) is 28.7 Å². The van der Waals surface area contributed by atoms with E-state index in [-0.39, 0.29) is 23.3 Å². The van der Waals surface area contributed by atoms with Gasteiger partial charge < -0.3 is 5.32 Å². The Morgan fingerprint density at radius 2 is 1.72 bits per heavy atom. The number of benzene rings is 1. The highest BCUT2D eigenvalue weighted by Gasteiger charge is 2.28. The lowest BCUT2D eigenvalue weighted by Gasteiger charge is -2.21. The third-order valence-corrected chi connectivity index (χ3v) is 5.28. The zero-order valence-electron chi connectivity index (χ0n) is 9.73. The first kappa shape index (κ1) is 13.5. The van der Waals surface area contributed by atoms with E-state index in [1.165, 1.54) is 0 Å². The second-order valence-corrected chi connectivity index (χ2v) is 7.64. The van der Waals surface area contributed by atoms with Crippen molar-refractivity contribution in [2.75, 3.05) is 16.8 Å². The quantitative estimate of drug-likeness (QED) is 0.903. The Balaban J connectivity index is 1.95. The first-order valence-corrected chi connectivity index (χ1v) is 8.34. The largest absolute Gasteiger partial charge is 0.326 e. The van der Waals surface area contributed by atoms with Crippen LogP contribution in [0.4, 0.5) is 5.69 Å². The zero-order chi connectivity index (χ0) is 13.2. The molecule has 1 aliphatic rings. The van der Waals surface area contributed by atoms with Crippen molar-refractivity contribution in [3.63, 3.8) is 0 Å². The van der Waals surface area contributed by atoms with Crippen LogP contribution in [-0.2, 0) is 14.6 Å². The molecule has 1 saturated heterocycles. The fraction of sp³-hybridized carbons (Fsp3) is 0.417. The normalized spacial score (nSPS) is 19.4. The Bertz CT molecular complexity index is 525. The van der Waals surface area contributed by atoms with Crippen LogP contribution in [0.25, 0.3) is 0 Å². The van der Waals surface area contributed by atoms with Gasteiger partial charge in [-0.2, -0.15) is 0 Å². The summed E-state index contributed by atoms with van der Waals surface area (Å²) < 4.78 is 23.5. The van der Waals surface area contributed by atoms with Gasteiger partial charge in [-0.3, -0.25) is 4.79 Å². The van der Waals surface area contributed by atoms with Crippen molar-refractivity contribution in [3.05, 3.63) is 28.7 Å². The van der Waals surface area contributed by atoms with Gasteiger partial charge in [0, 0.05) is 16.1 Å². The third-order valence-electron chi connectivity index (χ3n) is 3.04. The molecule has 0 aliphatic carbocycles. The predicted molar refractivity (Wildman–Crippen MR) is 74.1 cm³/mol. The Kier molecular flexibility index (Phi) is 4.07. The maximum absolute atomic E-state index is 11.9. The maximum atomic E-state index is 11.9. The van der Waals surface area contributed by atoms with Gasteiger partial charge in [-0.15, -0.1) is 0 Å². The molecule has 0 radical (unpaired) electrons. The van der Waals surface area contributed by atoms with Crippen molar-refractivity contribution in [2.24, 2.45) is 5.92 Å². The van der Waals surface area contributed by atoms with E-state index in [2.05, 4.69) is 21.2 Å². The highest BCUT2D eigenvalue weighted by atomic mass is 79.9. The van der Waals surface area contributed by atoms with Gasteiger partial charge in [0.05, 0.1) is 11.5 Å². The van der Waals surface area contributed by atoms with Crippen molar-refractivity contribution in [1.29, 1.82) is 0 Å². The van der Waals surface area contributed by atoms with Gasteiger partial charge in [0.2, 0.25) is 5.91 Å². The van der Waals surface area contributed by atoms with Crippen LogP contribution in [0.1, 0.15) is 12.8 Å². The van der Waals surface area contributed by atoms with Crippen molar-refractivity contribution in [3.8, 4) is 0 Å². The summed E-state index contributed by atoms with van der Waals surface area (Å²) in [4.78, 5) is 11.9. The van der Waals surface area contributed by atoms with Crippen molar-refractivity contribution in [2.45, 2.75) is 12.8 Å². The van der Waals surface area contributed by atoms with E-state index in [4.69, 9.17) is 0 Å². The van der Waals surface area contributed by atoms with E-state index in [1.54, 1.807) is 0 Å². The molecule has 1 N–H and O–H groups in total. The molecule has 1 aliphatic heterocycles. The molecule has 18 heavy (non-hydrogen) atoms. The summed E-state index contributed by atoms with van der Waals surface area (Å²) in [5.74, 6) is -0.0546. The number of amides is 1. The van der Waals surface area contributed by atoms with Crippen LogP contribution in [0.3, 0.4) is 0 Å². The monoisotopic (exact) mass is 331 g/mol. The summed E-state index contributed by atoms with van der Waals surface area (Å²) >= 11 is 3.32. The maximum Gasteiger partial charge on any atom is 0.227 e. The number of anilines is 1. The number of halogens is 1.